The van der Waals surface area contributed by atoms with Gasteiger partial charge >= 0.3 is 0 Å². The van der Waals surface area contributed by atoms with E-state index in [1.807, 2.05) is 38.1 Å². The zero-order valence-corrected chi connectivity index (χ0v) is 11.1. The quantitative estimate of drug-likeness (QED) is 0.910. The molecule has 100 valence electrons. The van der Waals surface area contributed by atoms with Gasteiger partial charge in [-0.1, -0.05) is 35.9 Å². The van der Waals surface area contributed by atoms with Gasteiger partial charge in [-0.25, -0.2) is 4.39 Å². The Morgan fingerprint density at radius 1 is 1.11 bits per heavy atom. The van der Waals surface area contributed by atoms with Crippen molar-refractivity contribution >= 4 is 0 Å². The molecule has 0 aromatic heterocycles. The largest absolute Gasteiger partial charge is 0.490 e. The lowest BCUT2D eigenvalue weighted by Crippen LogP contribution is -2.10. The average molecular weight is 260 g/mol. The number of halogens is 1. The Morgan fingerprint density at radius 2 is 1.79 bits per heavy atom. The van der Waals surface area contributed by atoms with Crippen molar-refractivity contribution in [3.05, 3.63) is 65.0 Å². The van der Waals surface area contributed by atoms with Crippen LogP contribution in [0.4, 0.5) is 4.39 Å². The highest BCUT2D eigenvalue weighted by Crippen LogP contribution is 2.21. The lowest BCUT2D eigenvalue weighted by molar-refractivity contribution is 0.107. The molecule has 2 aromatic rings. The number of aliphatic hydroxyl groups excluding tert-OH is 1. The Bertz CT molecular complexity index is 549. The van der Waals surface area contributed by atoms with Gasteiger partial charge in [-0.2, -0.15) is 0 Å². The fraction of sp³-hybridized carbons (Fsp3) is 0.250. The fourth-order valence-corrected chi connectivity index (χ4v) is 1.78. The Kier molecular flexibility index (Phi) is 4.17. The van der Waals surface area contributed by atoms with E-state index in [4.69, 9.17) is 4.74 Å². The van der Waals surface area contributed by atoms with Crippen LogP contribution in [0.5, 0.6) is 5.75 Å². The van der Waals surface area contributed by atoms with Crippen LogP contribution in [0.25, 0.3) is 0 Å². The summed E-state index contributed by atoms with van der Waals surface area (Å²) in [5.74, 6) is 0.122. The van der Waals surface area contributed by atoms with Gasteiger partial charge < -0.3 is 9.84 Å². The molecular formula is C16H17FO2. The van der Waals surface area contributed by atoms with Gasteiger partial charge in [0.2, 0.25) is 0 Å². The molecular weight excluding hydrogens is 243 g/mol. The van der Waals surface area contributed by atoms with Crippen molar-refractivity contribution < 1.29 is 14.2 Å². The third-order valence-corrected chi connectivity index (χ3v) is 3.01. The number of hydrogen-bond donors (Lipinski definition) is 1. The van der Waals surface area contributed by atoms with Crippen molar-refractivity contribution in [2.45, 2.75) is 20.0 Å². The summed E-state index contributed by atoms with van der Waals surface area (Å²) in [6.45, 7) is 3.93. The first kappa shape index (κ1) is 13.6. The van der Waals surface area contributed by atoms with Crippen LogP contribution in [0.2, 0.25) is 0 Å². The van der Waals surface area contributed by atoms with E-state index < -0.39 is 6.10 Å². The third-order valence-electron chi connectivity index (χ3n) is 3.01. The zero-order chi connectivity index (χ0) is 13.8. The molecule has 0 bridgehead atoms. The number of ether oxygens (including phenoxy) is 1. The molecule has 0 spiro atoms. The normalized spacial score (nSPS) is 12.2. The second-order valence-corrected chi connectivity index (χ2v) is 4.65. The van der Waals surface area contributed by atoms with Crippen molar-refractivity contribution in [1.29, 1.82) is 0 Å². The smallest absolute Gasteiger partial charge is 0.126 e. The van der Waals surface area contributed by atoms with E-state index in [0.29, 0.717) is 5.75 Å². The summed E-state index contributed by atoms with van der Waals surface area (Å²) in [5.41, 5.74) is 2.77. The number of benzene rings is 2. The first-order valence-electron chi connectivity index (χ1n) is 6.20. The highest BCUT2D eigenvalue weighted by Gasteiger charge is 2.09. The maximum absolute atomic E-state index is 13.1. The second kappa shape index (κ2) is 5.85. The minimum Gasteiger partial charge on any atom is -0.490 e. The summed E-state index contributed by atoms with van der Waals surface area (Å²) in [7, 11) is 0. The van der Waals surface area contributed by atoms with Gasteiger partial charge in [0.1, 0.15) is 24.3 Å². The van der Waals surface area contributed by atoms with Gasteiger partial charge in [-0.15, -0.1) is 0 Å². The van der Waals surface area contributed by atoms with Gasteiger partial charge in [-0.3, -0.25) is 0 Å². The first-order valence-corrected chi connectivity index (χ1v) is 6.20. The maximum Gasteiger partial charge on any atom is 0.126 e. The predicted molar refractivity (Wildman–Crippen MR) is 72.8 cm³/mol. The topological polar surface area (TPSA) is 29.5 Å². The lowest BCUT2D eigenvalue weighted by atomic mass is 10.1. The van der Waals surface area contributed by atoms with Crippen LogP contribution >= 0.6 is 0 Å². The Hall–Kier alpha value is -1.87. The van der Waals surface area contributed by atoms with Crippen molar-refractivity contribution in [1.82, 2.24) is 0 Å². The van der Waals surface area contributed by atoms with E-state index in [2.05, 4.69) is 0 Å². The lowest BCUT2D eigenvalue weighted by Gasteiger charge is -2.14. The molecule has 2 nitrogen and oxygen atoms in total. The van der Waals surface area contributed by atoms with Crippen LogP contribution in [-0.2, 0) is 0 Å². The van der Waals surface area contributed by atoms with Crippen molar-refractivity contribution in [2.75, 3.05) is 6.61 Å². The molecule has 0 aliphatic carbocycles. The van der Waals surface area contributed by atoms with Crippen LogP contribution in [0.15, 0.2) is 42.5 Å². The first-order chi connectivity index (χ1) is 9.06. The maximum atomic E-state index is 13.1. The molecule has 19 heavy (non-hydrogen) atoms. The standard InChI is InChI=1S/C16H17FO2/c1-11-3-6-13(7-4-11)15(18)10-19-16-9-14(17)8-5-12(16)2/h3-9,15,18H,10H2,1-2H3. The van der Waals surface area contributed by atoms with E-state index >= 15 is 0 Å². The van der Waals surface area contributed by atoms with Crippen LogP contribution in [-0.4, -0.2) is 11.7 Å². The summed E-state index contributed by atoms with van der Waals surface area (Å²) in [5, 5.41) is 10.0. The van der Waals surface area contributed by atoms with Crippen LogP contribution in [0, 0.1) is 19.7 Å². The number of aryl methyl sites for hydroxylation is 2. The highest BCUT2D eigenvalue weighted by atomic mass is 19.1. The average Bonchev–Trinajstić information content (AvgIpc) is 2.40. The molecule has 0 amide bonds. The molecule has 0 saturated heterocycles. The SMILES string of the molecule is Cc1ccc(C(O)COc2cc(F)ccc2C)cc1. The molecule has 0 aliphatic heterocycles. The number of rotatable bonds is 4. The molecule has 1 unspecified atom stereocenters. The minimum absolute atomic E-state index is 0.105. The van der Waals surface area contributed by atoms with E-state index in [1.54, 1.807) is 6.07 Å². The summed E-state index contributed by atoms with van der Waals surface area (Å²) >= 11 is 0. The molecule has 1 N–H and O–H groups in total. The van der Waals surface area contributed by atoms with Crippen LogP contribution < -0.4 is 4.74 Å². The Labute approximate surface area is 112 Å². The third kappa shape index (κ3) is 3.55. The molecule has 0 radical (unpaired) electrons. The van der Waals surface area contributed by atoms with E-state index in [0.717, 1.165) is 16.7 Å². The van der Waals surface area contributed by atoms with Crippen LogP contribution in [0.3, 0.4) is 0 Å². The number of aliphatic hydroxyl groups is 1. The summed E-state index contributed by atoms with van der Waals surface area (Å²) in [6, 6.07) is 12.0. The second-order valence-electron chi connectivity index (χ2n) is 4.65. The zero-order valence-electron chi connectivity index (χ0n) is 11.1. The molecule has 0 saturated carbocycles. The molecule has 0 aliphatic rings. The molecule has 0 heterocycles. The van der Waals surface area contributed by atoms with Crippen molar-refractivity contribution in [3.63, 3.8) is 0 Å². The van der Waals surface area contributed by atoms with Crippen LogP contribution in [0.1, 0.15) is 22.8 Å². The van der Waals surface area contributed by atoms with Gasteiger partial charge in [-0.05, 0) is 31.0 Å². The minimum atomic E-state index is -0.719. The predicted octanol–water partition coefficient (Wildman–Crippen LogP) is 3.55. The molecule has 0 fully saturated rings. The van der Waals surface area contributed by atoms with Crippen molar-refractivity contribution in [3.8, 4) is 5.75 Å². The molecule has 3 heteroatoms. The molecule has 2 aromatic carbocycles. The highest BCUT2D eigenvalue weighted by molar-refractivity contribution is 5.33. The number of hydrogen-bond acceptors (Lipinski definition) is 2. The van der Waals surface area contributed by atoms with Crippen molar-refractivity contribution in [2.24, 2.45) is 0 Å². The van der Waals surface area contributed by atoms with Gasteiger partial charge in [0.05, 0.1) is 0 Å². The van der Waals surface area contributed by atoms with E-state index in [1.165, 1.54) is 12.1 Å². The van der Waals surface area contributed by atoms with E-state index in [-0.39, 0.29) is 12.4 Å². The van der Waals surface area contributed by atoms with E-state index in [9.17, 15) is 9.50 Å². The Morgan fingerprint density at radius 3 is 2.47 bits per heavy atom. The fourth-order valence-electron chi connectivity index (χ4n) is 1.78. The Balaban J connectivity index is 2.02. The monoisotopic (exact) mass is 260 g/mol. The van der Waals surface area contributed by atoms with Gasteiger partial charge in [0.15, 0.2) is 0 Å². The molecule has 1 atom stereocenters. The van der Waals surface area contributed by atoms with Gasteiger partial charge in [0, 0.05) is 6.07 Å². The summed E-state index contributed by atoms with van der Waals surface area (Å²) in [6.07, 6.45) is -0.719. The summed E-state index contributed by atoms with van der Waals surface area (Å²) in [4.78, 5) is 0. The molecule has 2 rings (SSSR count). The summed E-state index contributed by atoms with van der Waals surface area (Å²) < 4.78 is 18.6. The van der Waals surface area contributed by atoms with Gasteiger partial charge in [0.25, 0.3) is 0 Å².